The van der Waals surface area contributed by atoms with E-state index in [2.05, 4.69) is 0 Å². The monoisotopic (exact) mass is 261 g/mol. The molecule has 0 aliphatic rings. The highest BCUT2D eigenvalue weighted by Crippen LogP contribution is 2.30. The van der Waals surface area contributed by atoms with Gasteiger partial charge in [0.15, 0.2) is 0 Å². The van der Waals surface area contributed by atoms with Crippen molar-refractivity contribution >= 4 is 11.6 Å². The van der Waals surface area contributed by atoms with Gasteiger partial charge in [-0.25, -0.2) is 0 Å². The van der Waals surface area contributed by atoms with Crippen LogP contribution in [0.5, 0.6) is 5.75 Å². The van der Waals surface area contributed by atoms with Crippen molar-refractivity contribution in [3.63, 3.8) is 0 Å². The molecule has 0 aromatic heterocycles. The fraction of sp³-hybridized carbons (Fsp3) is 0.200. The zero-order chi connectivity index (χ0) is 13.0. The van der Waals surface area contributed by atoms with Crippen LogP contribution >= 0.6 is 11.6 Å². The normalized spacial score (nSPS) is 10.4. The molecule has 2 aromatic rings. The van der Waals surface area contributed by atoms with E-state index < -0.39 is 0 Å². The first-order valence-electron chi connectivity index (χ1n) is 5.96. The zero-order valence-corrected chi connectivity index (χ0v) is 11.1. The smallest absolute Gasteiger partial charge is 0.119 e. The molecule has 2 rings (SSSR count). The van der Waals surface area contributed by atoms with Crippen LogP contribution in [0.2, 0.25) is 5.02 Å². The van der Waals surface area contributed by atoms with Crippen LogP contribution in [-0.4, -0.2) is 6.61 Å². The lowest BCUT2D eigenvalue weighted by atomic mass is 10.0. The summed E-state index contributed by atoms with van der Waals surface area (Å²) in [6, 6.07) is 13.8. The SMILES string of the molecule is CCOc1cccc(-c2ccc(CN)cc2Cl)c1. The van der Waals surface area contributed by atoms with Gasteiger partial charge in [0.05, 0.1) is 6.61 Å². The minimum absolute atomic E-state index is 0.499. The summed E-state index contributed by atoms with van der Waals surface area (Å²) in [7, 11) is 0. The molecule has 0 saturated heterocycles. The van der Waals surface area contributed by atoms with Crippen molar-refractivity contribution in [2.75, 3.05) is 6.61 Å². The molecule has 18 heavy (non-hydrogen) atoms. The quantitative estimate of drug-likeness (QED) is 0.907. The first-order valence-corrected chi connectivity index (χ1v) is 6.34. The number of benzene rings is 2. The molecule has 0 aliphatic carbocycles. The third-order valence-electron chi connectivity index (χ3n) is 2.73. The van der Waals surface area contributed by atoms with Gasteiger partial charge < -0.3 is 10.5 Å². The average Bonchev–Trinajstić information content (AvgIpc) is 2.39. The molecule has 0 atom stereocenters. The fourth-order valence-corrected chi connectivity index (χ4v) is 2.15. The van der Waals surface area contributed by atoms with Gasteiger partial charge in [0.25, 0.3) is 0 Å². The Bertz CT molecular complexity index is 540. The Morgan fingerprint density at radius 2 is 2.00 bits per heavy atom. The highest BCUT2D eigenvalue weighted by molar-refractivity contribution is 6.33. The third-order valence-corrected chi connectivity index (χ3v) is 3.04. The van der Waals surface area contributed by atoms with Crippen LogP contribution in [0.3, 0.4) is 0 Å². The second-order valence-electron chi connectivity index (χ2n) is 3.98. The molecule has 0 saturated carbocycles. The summed E-state index contributed by atoms with van der Waals surface area (Å²) in [5.74, 6) is 0.856. The molecule has 94 valence electrons. The van der Waals surface area contributed by atoms with E-state index >= 15 is 0 Å². The van der Waals surface area contributed by atoms with Crippen molar-refractivity contribution in [1.82, 2.24) is 0 Å². The molecule has 0 radical (unpaired) electrons. The Morgan fingerprint density at radius 1 is 1.17 bits per heavy atom. The molecule has 2 aromatic carbocycles. The van der Waals surface area contributed by atoms with E-state index in [4.69, 9.17) is 22.1 Å². The average molecular weight is 262 g/mol. The van der Waals surface area contributed by atoms with E-state index in [1.165, 1.54) is 0 Å². The third kappa shape index (κ3) is 2.84. The maximum Gasteiger partial charge on any atom is 0.119 e. The van der Waals surface area contributed by atoms with Gasteiger partial charge >= 0.3 is 0 Å². The molecule has 2 N–H and O–H groups in total. The lowest BCUT2D eigenvalue weighted by Crippen LogP contribution is -1.96. The van der Waals surface area contributed by atoms with Gasteiger partial charge in [-0.2, -0.15) is 0 Å². The predicted octanol–water partition coefficient (Wildman–Crippen LogP) is 3.86. The maximum absolute atomic E-state index is 6.28. The van der Waals surface area contributed by atoms with Crippen molar-refractivity contribution in [3.8, 4) is 16.9 Å². The standard InChI is InChI=1S/C15H16ClNO/c1-2-18-13-5-3-4-12(9-13)14-7-6-11(10-17)8-15(14)16/h3-9H,2,10,17H2,1H3. The minimum Gasteiger partial charge on any atom is -0.494 e. The molecular formula is C15H16ClNO. The van der Waals surface area contributed by atoms with E-state index in [0.717, 1.165) is 22.4 Å². The van der Waals surface area contributed by atoms with Crippen LogP contribution in [0.25, 0.3) is 11.1 Å². The van der Waals surface area contributed by atoms with Gasteiger partial charge in [0.1, 0.15) is 5.75 Å². The van der Waals surface area contributed by atoms with Crippen molar-refractivity contribution in [3.05, 3.63) is 53.1 Å². The van der Waals surface area contributed by atoms with E-state index in [0.29, 0.717) is 18.2 Å². The molecule has 0 fully saturated rings. The van der Waals surface area contributed by atoms with Crippen LogP contribution in [0, 0.1) is 0 Å². The number of hydrogen-bond acceptors (Lipinski definition) is 2. The lowest BCUT2D eigenvalue weighted by molar-refractivity contribution is 0.340. The maximum atomic E-state index is 6.28. The van der Waals surface area contributed by atoms with E-state index in [9.17, 15) is 0 Å². The minimum atomic E-state index is 0.499. The van der Waals surface area contributed by atoms with Crippen molar-refractivity contribution < 1.29 is 4.74 Å². The Labute approximate surface area is 112 Å². The van der Waals surface area contributed by atoms with Crippen LogP contribution in [0.15, 0.2) is 42.5 Å². The summed E-state index contributed by atoms with van der Waals surface area (Å²) in [6.07, 6.45) is 0. The second-order valence-corrected chi connectivity index (χ2v) is 4.39. The molecule has 3 heteroatoms. The molecular weight excluding hydrogens is 246 g/mol. The Kier molecular flexibility index (Phi) is 4.24. The van der Waals surface area contributed by atoms with E-state index in [1.54, 1.807) is 0 Å². The van der Waals surface area contributed by atoms with Crippen molar-refractivity contribution in [2.45, 2.75) is 13.5 Å². The summed E-state index contributed by atoms with van der Waals surface area (Å²) in [5.41, 5.74) is 8.67. The highest BCUT2D eigenvalue weighted by atomic mass is 35.5. The summed E-state index contributed by atoms with van der Waals surface area (Å²) in [4.78, 5) is 0. The van der Waals surface area contributed by atoms with Gasteiger partial charge in [0, 0.05) is 17.1 Å². The van der Waals surface area contributed by atoms with E-state index in [1.807, 2.05) is 49.4 Å². The summed E-state index contributed by atoms with van der Waals surface area (Å²) in [5, 5.41) is 0.714. The van der Waals surface area contributed by atoms with Gasteiger partial charge in [-0.05, 0) is 36.2 Å². The Balaban J connectivity index is 2.38. The van der Waals surface area contributed by atoms with Gasteiger partial charge in [-0.3, -0.25) is 0 Å². The predicted molar refractivity (Wildman–Crippen MR) is 75.9 cm³/mol. The molecule has 0 amide bonds. The van der Waals surface area contributed by atoms with Gasteiger partial charge in [-0.15, -0.1) is 0 Å². The largest absolute Gasteiger partial charge is 0.494 e. The number of hydrogen-bond donors (Lipinski definition) is 1. The topological polar surface area (TPSA) is 35.2 Å². The molecule has 0 heterocycles. The second kappa shape index (κ2) is 5.89. The number of ether oxygens (including phenoxy) is 1. The molecule has 0 spiro atoms. The number of halogens is 1. The summed E-state index contributed by atoms with van der Waals surface area (Å²) >= 11 is 6.28. The lowest BCUT2D eigenvalue weighted by Gasteiger charge is -2.09. The van der Waals surface area contributed by atoms with Crippen LogP contribution in [0.4, 0.5) is 0 Å². The van der Waals surface area contributed by atoms with Gasteiger partial charge in [-0.1, -0.05) is 35.9 Å². The van der Waals surface area contributed by atoms with Crippen LogP contribution in [-0.2, 0) is 6.54 Å². The Hall–Kier alpha value is -1.51. The summed E-state index contributed by atoms with van der Waals surface area (Å²) in [6.45, 7) is 3.12. The van der Waals surface area contributed by atoms with Crippen molar-refractivity contribution in [2.24, 2.45) is 5.73 Å². The van der Waals surface area contributed by atoms with Crippen LogP contribution < -0.4 is 10.5 Å². The molecule has 2 nitrogen and oxygen atoms in total. The first kappa shape index (κ1) is 12.9. The molecule has 0 unspecified atom stereocenters. The number of rotatable bonds is 4. The zero-order valence-electron chi connectivity index (χ0n) is 10.3. The molecule has 0 bridgehead atoms. The van der Waals surface area contributed by atoms with E-state index in [-0.39, 0.29) is 0 Å². The van der Waals surface area contributed by atoms with Crippen LogP contribution in [0.1, 0.15) is 12.5 Å². The fourth-order valence-electron chi connectivity index (χ4n) is 1.84. The van der Waals surface area contributed by atoms with Crippen molar-refractivity contribution in [1.29, 1.82) is 0 Å². The summed E-state index contributed by atoms with van der Waals surface area (Å²) < 4.78 is 5.49. The number of nitrogens with two attached hydrogens (primary N) is 1. The highest BCUT2D eigenvalue weighted by Gasteiger charge is 2.05. The van der Waals surface area contributed by atoms with Gasteiger partial charge in [0.2, 0.25) is 0 Å². The first-order chi connectivity index (χ1) is 8.74. The molecule has 0 aliphatic heterocycles. The Morgan fingerprint density at radius 3 is 2.67 bits per heavy atom.